The summed E-state index contributed by atoms with van der Waals surface area (Å²) in [5.41, 5.74) is 0. The lowest BCUT2D eigenvalue weighted by atomic mass is 10.1. The topological polar surface area (TPSA) is 33.3 Å². The van der Waals surface area contributed by atoms with Gasteiger partial charge in [-0.2, -0.15) is 0 Å². The molecule has 0 amide bonds. The van der Waals surface area contributed by atoms with Crippen LogP contribution in [0.15, 0.2) is 0 Å². The largest absolute Gasteiger partial charge is 0.377 e. The van der Waals surface area contributed by atoms with Gasteiger partial charge in [0, 0.05) is 26.2 Å². The molecule has 1 aliphatic carbocycles. The zero-order valence-corrected chi connectivity index (χ0v) is 9.63. The number of hydrogen-bond donors (Lipinski definition) is 2. The second-order valence-electron chi connectivity index (χ2n) is 4.84. The highest BCUT2D eigenvalue weighted by atomic mass is 16.5. The third-order valence-corrected chi connectivity index (χ3v) is 3.25. The summed E-state index contributed by atoms with van der Waals surface area (Å²) in [6.45, 7) is 5.40. The first-order chi connectivity index (χ1) is 7.45. The van der Waals surface area contributed by atoms with Crippen LogP contribution in [-0.4, -0.2) is 38.9 Å². The molecule has 1 saturated heterocycles. The first-order valence-corrected chi connectivity index (χ1v) is 6.48. The first-order valence-electron chi connectivity index (χ1n) is 6.48. The van der Waals surface area contributed by atoms with Crippen LogP contribution in [0.25, 0.3) is 0 Å². The highest BCUT2D eigenvalue weighted by Crippen LogP contribution is 2.27. The Morgan fingerprint density at radius 1 is 0.933 bits per heavy atom. The SMILES string of the molecule is C1CCC(CNCCNCC2CC2)OC1. The maximum absolute atomic E-state index is 5.65. The molecule has 1 unspecified atom stereocenters. The number of nitrogens with one attached hydrogen (secondary N) is 2. The van der Waals surface area contributed by atoms with E-state index in [9.17, 15) is 0 Å². The van der Waals surface area contributed by atoms with Crippen molar-refractivity contribution in [2.24, 2.45) is 5.92 Å². The molecule has 2 aliphatic rings. The van der Waals surface area contributed by atoms with E-state index in [1.54, 1.807) is 0 Å². The molecule has 0 aromatic rings. The molecule has 88 valence electrons. The van der Waals surface area contributed by atoms with E-state index in [1.807, 2.05) is 0 Å². The van der Waals surface area contributed by atoms with Crippen LogP contribution in [0.5, 0.6) is 0 Å². The molecule has 3 nitrogen and oxygen atoms in total. The van der Waals surface area contributed by atoms with Crippen LogP contribution in [0.3, 0.4) is 0 Å². The predicted molar refractivity (Wildman–Crippen MR) is 62.1 cm³/mol. The van der Waals surface area contributed by atoms with Crippen molar-refractivity contribution in [3.8, 4) is 0 Å². The van der Waals surface area contributed by atoms with Gasteiger partial charge in [0.1, 0.15) is 0 Å². The van der Waals surface area contributed by atoms with Gasteiger partial charge < -0.3 is 15.4 Å². The van der Waals surface area contributed by atoms with E-state index in [0.29, 0.717) is 6.10 Å². The maximum Gasteiger partial charge on any atom is 0.0699 e. The average Bonchev–Trinajstić information content (AvgIpc) is 3.09. The third-order valence-electron chi connectivity index (χ3n) is 3.25. The Morgan fingerprint density at radius 3 is 2.40 bits per heavy atom. The van der Waals surface area contributed by atoms with E-state index in [2.05, 4.69) is 10.6 Å². The molecule has 1 atom stereocenters. The van der Waals surface area contributed by atoms with Crippen molar-refractivity contribution >= 4 is 0 Å². The lowest BCUT2D eigenvalue weighted by Gasteiger charge is -2.22. The standard InChI is InChI=1S/C12H24N2O/c1-2-8-15-12(3-1)10-14-7-6-13-9-11-4-5-11/h11-14H,1-10H2. The highest BCUT2D eigenvalue weighted by molar-refractivity contribution is 4.75. The van der Waals surface area contributed by atoms with Gasteiger partial charge in [-0.1, -0.05) is 0 Å². The Hall–Kier alpha value is -0.120. The molecule has 0 bridgehead atoms. The summed E-state index contributed by atoms with van der Waals surface area (Å²) in [6, 6.07) is 0. The zero-order valence-electron chi connectivity index (χ0n) is 9.63. The summed E-state index contributed by atoms with van der Waals surface area (Å²) in [5, 5.41) is 6.94. The molecule has 0 aromatic carbocycles. The van der Waals surface area contributed by atoms with Gasteiger partial charge >= 0.3 is 0 Å². The van der Waals surface area contributed by atoms with Gasteiger partial charge in [-0.15, -0.1) is 0 Å². The van der Waals surface area contributed by atoms with Gasteiger partial charge in [0.05, 0.1) is 6.10 Å². The predicted octanol–water partition coefficient (Wildman–Crippen LogP) is 1.14. The minimum atomic E-state index is 0.474. The minimum Gasteiger partial charge on any atom is -0.377 e. The number of rotatable bonds is 7. The van der Waals surface area contributed by atoms with E-state index >= 15 is 0 Å². The van der Waals surface area contributed by atoms with E-state index < -0.39 is 0 Å². The summed E-state index contributed by atoms with van der Waals surface area (Å²) in [4.78, 5) is 0. The molecule has 1 saturated carbocycles. The van der Waals surface area contributed by atoms with Crippen molar-refractivity contribution in [1.29, 1.82) is 0 Å². The van der Waals surface area contributed by atoms with Crippen molar-refractivity contribution in [3.63, 3.8) is 0 Å². The Balaban J connectivity index is 1.37. The van der Waals surface area contributed by atoms with Gasteiger partial charge in [-0.05, 0) is 44.6 Å². The van der Waals surface area contributed by atoms with Crippen molar-refractivity contribution in [3.05, 3.63) is 0 Å². The van der Waals surface area contributed by atoms with E-state index in [4.69, 9.17) is 4.74 Å². The Kier molecular flexibility index (Phi) is 4.90. The van der Waals surface area contributed by atoms with Crippen LogP contribution in [0.4, 0.5) is 0 Å². The van der Waals surface area contributed by atoms with Crippen LogP contribution in [0.1, 0.15) is 32.1 Å². The fourth-order valence-corrected chi connectivity index (χ4v) is 2.04. The maximum atomic E-state index is 5.65. The van der Waals surface area contributed by atoms with Crippen LogP contribution >= 0.6 is 0 Å². The summed E-state index contributed by atoms with van der Waals surface area (Å²) < 4.78 is 5.65. The average molecular weight is 212 g/mol. The molecule has 0 aromatic heterocycles. The summed E-state index contributed by atoms with van der Waals surface area (Å²) in [7, 11) is 0. The van der Waals surface area contributed by atoms with Crippen LogP contribution in [-0.2, 0) is 4.74 Å². The molecule has 2 fully saturated rings. The third kappa shape index (κ3) is 4.96. The first kappa shape index (κ1) is 11.4. The monoisotopic (exact) mass is 212 g/mol. The molecular weight excluding hydrogens is 188 g/mol. The lowest BCUT2D eigenvalue weighted by molar-refractivity contribution is 0.0171. The van der Waals surface area contributed by atoms with Gasteiger partial charge in [0.25, 0.3) is 0 Å². The quantitative estimate of drug-likeness (QED) is 0.621. The van der Waals surface area contributed by atoms with Crippen molar-refractivity contribution < 1.29 is 4.74 Å². The summed E-state index contributed by atoms with van der Waals surface area (Å²) in [6.07, 6.45) is 7.18. The Morgan fingerprint density at radius 2 is 1.73 bits per heavy atom. The van der Waals surface area contributed by atoms with Crippen molar-refractivity contribution in [2.45, 2.75) is 38.2 Å². The van der Waals surface area contributed by atoms with E-state index in [1.165, 1.54) is 38.6 Å². The molecular formula is C12H24N2O. The van der Waals surface area contributed by atoms with Gasteiger partial charge in [0.15, 0.2) is 0 Å². The lowest BCUT2D eigenvalue weighted by Crippen LogP contribution is -2.36. The molecule has 0 radical (unpaired) electrons. The molecule has 1 heterocycles. The molecule has 3 heteroatoms. The van der Waals surface area contributed by atoms with Crippen LogP contribution < -0.4 is 10.6 Å². The highest BCUT2D eigenvalue weighted by Gasteiger charge is 2.19. The normalized spacial score (nSPS) is 26.8. The molecule has 1 aliphatic heterocycles. The van der Waals surface area contributed by atoms with E-state index in [0.717, 1.165) is 32.2 Å². The van der Waals surface area contributed by atoms with Crippen molar-refractivity contribution in [1.82, 2.24) is 10.6 Å². The minimum absolute atomic E-state index is 0.474. The van der Waals surface area contributed by atoms with Crippen molar-refractivity contribution in [2.75, 3.05) is 32.8 Å². The smallest absolute Gasteiger partial charge is 0.0699 e. The molecule has 2 N–H and O–H groups in total. The number of ether oxygens (including phenoxy) is 1. The fourth-order valence-electron chi connectivity index (χ4n) is 2.04. The Bertz CT molecular complexity index is 165. The molecule has 0 spiro atoms. The summed E-state index contributed by atoms with van der Waals surface area (Å²) >= 11 is 0. The molecule has 2 rings (SSSR count). The van der Waals surface area contributed by atoms with E-state index in [-0.39, 0.29) is 0 Å². The summed E-state index contributed by atoms with van der Waals surface area (Å²) in [5.74, 6) is 0.992. The fraction of sp³-hybridized carbons (Fsp3) is 1.00. The second-order valence-corrected chi connectivity index (χ2v) is 4.84. The van der Waals surface area contributed by atoms with Crippen LogP contribution in [0, 0.1) is 5.92 Å². The van der Waals surface area contributed by atoms with Gasteiger partial charge in [-0.3, -0.25) is 0 Å². The Labute approximate surface area is 93.0 Å². The number of hydrogen-bond acceptors (Lipinski definition) is 3. The second kappa shape index (κ2) is 6.46. The molecule has 15 heavy (non-hydrogen) atoms. The van der Waals surface area contributed by atoms with Gasteiger partial charge in [-0.25, -0.2) is 0 Å². The van der Waals surface area contributed by atoms with Crippen LogP contribution in [0.2, 0.25) is 0 Å². The zero-order chi connectivity index (χ0) is 10.3. The van der Waals surface area contributed by atoms with Gasteiger partial charge in [0.2, 0.25) is 0 Å².